The van der Waals surface area contributed by atoms with Crippen molar-refractivity contribution < 1.29 is 0 Å². The van der Waals surface area contributed by atoms with Crippen molar-refractivity contribution in [2.45, 2.75) is 5.92 Å². The van der Waals surface area contributed by atoms with Gasteiger partial charge < -0.3 is 9.47 Å². The molecule has 1 atom stereocenters. The lowest BCUT2D eigenvalue weighted by Crippen LogP contribution is -2.09. The molecule has 0 radical (unpaired) electrons. The maximum absolute atomic E-state index is 2.47. The van der Waals surface area contributed by atoms with Crippen LogP contribution in [0.3, 0.4) is 0 Å². The van der Waals surface area contributed by atoms with Crippen molar-refractivity contribution >= 4 is 38.9 Å². The second-order valence-corrected chi connectivity index (χ2v) is 21.2. The summed E-state index contributed by atoms with van der Waals surface area (Å²) in [4.78, 5) is 2.37. The molecule has 2 heteroatoms. The van der Waals surface area contributed by atoms with Gasteiger partial charge in [0.05, 0.1) is 11.0 Å². The van der Waals surface area contributed by atoms with Crippen LogP contribution in [0.1, 0.15) is 22.6 Å². The Bertz CT molecular complexity index is 4470. The maximum atomic E-state index is 2.47. The first-order valence-corrected chi connectivity index (χ1v) is 28.0. The summed E-state index contributed by atoms with van der Waals surface area (Å²) in [6.45, 7) is 0. The van der Waals surface area contributed by atoms with Crippen molar-refractivity contribution in [3.63, 3.8) is 0 Å². The minimum atomic E-state index is 0.0591. The third kappa shape index (κ3) is 8.71. The number of benzene rings is 13. The number of anilines is 3. The predicted octanol–water partition coefficient (Wildman–Crippen LogP) is 21.4. The largest absolute Gasteiger partial charge is 0.311 e. The first kappa shape index (κ1) is 47.7. The number of hydrogen-bond acceptors (Lipinski definition) is 1. The van der Waals surface area contributed by atoms with E-state index in [-0.39, 0.29) is 5.92 Å². The lowest BCUT2D eigenvalue weighted by molar-refractivity contribution is 1.02. The molecule has 0 fully saturated rings. The van der Waals surface area contributed by atoms with Gasteiger partial charge in [-0.15, -0.1) is 0 Å². The number of fused-ring (bicyclic) bond motifs is 6. The molecule has 0 aliphatic heterocycles. The molecular weight excluding hydrogens is 977 g/mol. The summed E-state index contributed by atoms with van der Waals surface area (Å²) in [6, 6.07) is 118. The third-order valence-corrected chi connectivity index (χ3v) is 16.5. The molecule has 0 bridgehead atoms. The third-order valence-electron chi connectivity index (χ3n) is 16.5. The number of nitrogens with zero attached hydrogens (tertiary/aromatic N) is 2. The van der Waals surface area contributed by atoms with Crippen LogP contribution in [0, 0.1) is 0 Å². The van der Waals surface area contributed by atoms with Crippen LogP contribution in [0.5, 0.6) is 0 Å². The molecule has 1 aromatic heterocycles. The van der Waals surface area contributed by atoms with Crippen LogP contribution in [0.2, 0.25) is 0 Å². The Kier molecular flexibility index (Phi) is 12.0. The quantitative estimate of drug-likeness (QED) is 0.125. The van der Waals surface area contributed by atoms with Gasteiger partial charge in [-0.25, -0.2) is 0 Å². The Morgan fingerprint density at radius 1 is 0.247 bits per heavy atom. The zero-order chi connectivity index (χ0) is 53.6. The highest BCUT2D eigenvalue weighted by molar-refractivity contribution is 6.12. The molecule has 81 heavy (non-hydrogen) atoms. The SMILES string of the molecule is c1ccc(-c2ccc(N(c3ccc(-c4ccccc4)cc3)c3ccc(-c4cc(-c5ccc6c(c5)c5cc(-c7ccccc7)ccc5n6-c5ccc(-c6ccccc6)cc5)c5c(c4)-c4ccccc4C5c4ccccc4)cc3)cc2)cc1. The molecule has 14 aromatic rings. The maximum Gasteiger partial charge on any atom is 0.0541 e. The Hall–Kier alpha value is -10.5. The van der Waals surface area contributed by atoms with E-state index in [0.717, 1.165) is 28.3 Å². The van der Waals surface area contributed by atoms with Crippen LogP contribution in [0.15, 0.2) is 322 Å². The second kappa shape index (κ2) is 20.4. The standard InChI is InChI=1S/C79H54N2/c1-6-18-54(19-7-1)58-30-40-66(41-31-58)80(67-42-32-59(33-43-67)55-20-8-2-9-21-55)68-44-36-61(37-45-68)65-52-72(79-75(53-65)70-28-16-17-29-71(70)78(79)62-26-14-5-15-27-62)64-39-49-77-74(51-64)73-50-63(57-24-12-4-13-25-57)38-48-76(73)81(77)69-46-34-60(35-47-69)56-22-10-3-11-23-56/h1-53,78H. The summed E-state index contributed by atoms with van der Waals surface area (Å²) in [5, 5.41) is 2.44. The van der Waals surface area contributed by atoms with Gasteiger partial charge in [-0.2, -0.15) is 0 Å². The van der Waals surface area contributed by atoms with Crippen LogP contribution >= 0.6 is 0 Å². The Labute approximate surface area is 473 Å². The highest BCUT2D eigenvalue weighted by atomic mass is 15.1. The van der Waals surface area contributed by atoms with Gasteiger partial charge in [0.25, 0.3) is 0 Å². The van der Waals surface area contributed by atoms with E-state index in [2.05, 4.69) is 331 Å². The fourth-order valence-electron chi connectivity index (χ4n) is 12.6. The molecule has 0 saturated carbocycles. The van der Waals surface area contributed by atoms with Gasteiger partial charge in [0, 0.05) is 39.4 Å². The van der Waals surface area contributed by atoms with E-state index in [1.165, 1.54) is 111 Å². The topological polar surface area (TPSA) is 8.17 Å². The van der Waals surface area contributed by atoms with Crippen molar-refractivity contribution in [3.8, 4) is 83.6 Å². The zero-order valence-electron chi connectivity index (χ0n) is 44.6. The molecule has 0 amide bonds. The fraction of sp³-hybridized carbons (Fsp3) is 0.0127. The minimum absolute atomic E-state index is 0.0591. The Morgan fingerprint density at radius 3 is 1.10 bits per heavy atom. The smallest absolute Gasteiger partial charge is 0.0541 e. The highest BCUT2D eigenvalue weighted by Crippen LogP contribution is 2.54. The van der Waals surface area contributed by atoms with Gasteiger partial charge in [-0.1, -0.05) is 237 Å². The van der Waals surface area contributed by atoms with E-state index in [1.54, 1.807) is 0 Å². The molecule has 13 aromatic carbocycles. The highest BCUT2D eigenvalue weighted by Gasteiger charge is 2.33. The van der Waals surface area contributed by atoms with Crippen LogP contribution in [-0.2, 0) is 0 Å². The van der Waals surface area contributed by atoms with E-state index in [0.29, 0.717) is 0 Å². The monoisotopic (exact) mass is 1030 g/mol. The molecular formula is C79H54N2. The number of rotatable bonds is 11. The molecule has 0 saturated heterocycles. The van der Waals surface area contributed by atoms with Crippen molar-refractivity contribution in [1.82, 2.24) is 4.57 Å². The van der Waals surface area contributed by atoms with E-state index < -0.39 is 0 Å². The number of hydrogen-bond donors (Lipinski definition) is 0. The van der Waals surface area contributed by atoms with Crippen LogP contribution in [0.25, 0.3) is 105 Å². The van der Waals surface area contributed by atoms with E-state index in [1.807, 2.05) is 0 Å². The Morgan fingerprint density at radius 2 is 0.605 bits per heavy atom. The van der Waals surface area contributed by atoms with Crippen molar-refractivity contribution in [3.05, 3.63) is 338 Å². The predicted molar refractivity (Wildman–Crippen MR) is 341 cm³/mol. The molecule has 0 spiro atoms. The average molecular weight is 1030 g/mol. The molecule has 1 aliphatic carbocycles. The van der Waals surface area contributed by atoms with Gasteiger partial charge in [0.1, 0.15) is 0 Å². The lowest BCUT2D eigenvalue weighted by atomic mass is 9.83. The minimum Gasteiger partial charge on any atom is -0.311 e. The molecule has 2 nitrogen and oxygen atoms in total. The van der Waals surface area contributed by atoms with Gasteiger partial charge in [-0.05, 0) is 180 Å². The lowest BCUT2D eigenvalue weighted by Gasteiger charge is -2.26. The summed E-state index contributed by atoms with van der Waals surface area (Å²) in [7, 11) is 0. The summed E-state index contributed by atoms with van der Waals surface area (Å²) < 4.78 is 2.45. The average Bonchev–Trinajstić information content (AvgIpc) is 4.13. The van der Waals surface area contributed by atoms with E-state index in [9.17, 15) is 0 Å². The second-order valence-electron chi connectivity index (χ2n) is 21.2. The molecule has 1 unspecified atom stereocenters. The first-order valence-electron chi connectivity index (χ1n) is 28.0. The molecule has 15 rings (SSSR count). The summed E-state index contributed by atoms with van der Waals surface area (Å²) in [5.74, 6) is 0.0591. The van der Waals surface area contributed by atoms with E-state index in [4.69, 9.17) is 0 Å². The van der Waals surface area contributed by atoms with Gasteiger partial charge in [-0.3, -0.25) is 0 Å². The normalized spacial score (nSPS) is 12.6. The van der Waals surface area contributed by atoms with Crippen molar-refractivity contribution in [2.75, 3.05) is 4.90 Å². The van der Waals surface area contributed by atoms with Gasteiger partial charge in [0.15, 0.2) is 0 Å². The summed E-state index contributed by atoms with van der Waals surface area (Å²) in [5.41, 5.74) is 27.7. The van der Waals surface area contributed by atoms with Crippen molar-refractivity contribution in [2.24, 2.45) is 0 Å². The van der Waals surface area contributed by atoms with E-state index >= 15 is 0 Å². The number of aromatic nitrogens is 1. The van der Waals surface area contributed by atoms with Gasteiger partial charge in [0.2, 0.25) is 0 Å². The molecule has 1 heterocycles. The Balaban J connectivity index is 0.891. The molecule has 0 N–H and O–H groups in total. The fourth-order valence-corrected chi connectivity index (χ4v) is 12.6. The van der Waals surface area contributed by atoms with Crippen LogP contribution < -0.4 is 4.90 Å². The van der Waals surface area contributed by atoms with Crippen molar-refractivity contribution in [1.29, 1.82) is 0 Å². The van der Waals surface area contributed by atoms with Crippen LogP contribution in [0.4, 0.5) is 17.1 Å². The summed E-state index contributed by atoms with van der Waals surface area (Å²) >= 11 is 0. The summed E-state index contributed by atoms with van der Waals surface area (Å²) in [6.07, 6.45) is 0. The van der Waals surface area contributed by atoms with Gasteiger partial charge >= 0.3 is 0 Å². The molecule has 380 valence electrons. The first-order chi connectivity index (χ1) is 40.2. The van der Waals surface area contributed by atoms with Crippen LogP contribution in [-0.4, -0.2) is 4.57 Å². The molecule has 1 aliphatic rings. The zero-order valence-corrected chi connectivity index (χ0v) is 44.6.